The molecular formula is C26H40N4. The molecule has 4 heteroatoms. The van der Waals surface area contributed by atoms with Gasteiger partial charge in [0, 0.05) is 38.1 Å². The summed E-state index contributed by atoms with van der Waals surface area (Å²) < 4.78 is 2.65. The topological polar surface area (TPSA) is 33.1 Å². The summed E-state index contributed by atoms with van der Waals surface area (Å²) in [6.07, 6.45) is 14.0. The summed E-state index contributed by atoms with van der Waals surface area (Å²) >= 11 is 0. The number of aryl methyl sites for hydroxylation is 1. The lowest BCUT2D eigenvalue weighted by Gasteiger charge is -2.36. The van der Waals surface area contributed by atoms with Crippen molar-refractivity contribution >= 4 is 11.0 Å². The van der Waals surface area contributed by atoms with Crippen molar-refractivity contribution in [3.8, 4) is 0 Å². The second-order valence-corrected chi connectivity index (χ2v) is 10.3. The number of hydrogen-bond acceptors (Lipinski definition) is 3. The van der Waals surface area contributed by atoms with Crippen LogP contribution in [0.3, 0.4) is 0 Å². The van der Waals surface area contributed by atoms with Gasteiger partial charge >= 0.3 is 0 Å². The molecule has 3 heterocycles. The third-order valence-electron chi connectivity index (χ3n) is 7.96. The summed E-state index contributed by atoms with van der Waals surface area (Å²) in [6.45, 7) is 8.26. The fourth-order valence-corrected chi connectivity index (χ4v) is 6.22. The zero-order chi connectivity index (χ0) is 20.3. The van der Waals surface area contributed by atoms with Gasteiger partial charge in [0.05, 0.1) is 11.0 Å². The van der Waals surface area contributed by atoms with E-state index in [1.165, 1.54) is 106 Å². The molecule has 1 saturated carbocycles. The molecule has 1 aromatic heterocycles. The monoisotopic (exact) mass is 408 g/mol. The lowest BCUT2D eigenvalue weighted by atomic mass is 9.90. The predicted octanol–water partition coefficient (Wildman–Crippen LogP) is 5.42. The molecule has 1 unspecified atom stereocenters. The van der Waals surface area contributed by atoms with Crippen LogP contribution in [0.25, 0.3) is 11.0 Å². The van der Waals surface area contributed by atoms with Crippen molar-refractivity contribution in [2.45, 2.75) is 83.1 Å². The van der Waals surface area contributed by atoms with Crippen LogP contribution in [-0.2, 0) is 0 Å². The van der Waals surface area contributed by atoms with Crippen molar-refractivity contribution in [1.82, 2.24) is 19.8 Å². The first-order valence-electron chi connectivity index (χ1n) is 12.7. The van der Waals surface area contributed by atoms with Gasteiger partial charge in [-0.3, -0.25) is 0 Å². The quantitative estimate of drug-likeness (QED) is 0.733. The predicted molar refractivity (Wildman–Crippen MR) is 125 cm³/mol. The number of hydrogen-bond donors (Lipinski definition) is 1. The highest BCUT2D eigenvalue weighted by atomic mass is 15.2. The van der Waals surface area contributed by atoms with Crippen molar-refractivity contribution < 1.29 is 0 Å². The second-order valence-electron chi connectivity index (χ2n) is 10.3. The molecule has 30 heavy (non-hydrogen) atoms. The Morgan fingerprint density at radius 2 is 1.73 bits per heavy atom. The van der Waals surface area contributed by atoms with E-state index in [0.29, 0.717) is 12.0 Å². The molecule has 3 aliphatic rings. The van der Waals surface area contributed by atoms with E-state index in [1.807, 2.05) is 0 Å². The Bertz CT molecular complexity index is 819. The van der Waals surface area contributed by atoms with Gasteiger partial charge in [-0.05, 0) is 69.2 Å². The summed E-state index contributed by atoms with van der Waals surface area (Å²) in [5, 5.41) is 3.56. The van der Waals surface area contributed by atoms with Gasteiger partial charge < -0.3 is 14.8 Å². The van der Waals surface area contributed by atoms with Gasteiger partial charge in [0.15, 0.2) is 0 Å². The van der Waals surface area contributed by atoms with Gasteiger partial charge in [0.1, 0.15) is 5.82 Å². The Labute approximate surface area is 182 Å². The Balaban J connectivity index is 1.30. The molecule has 3 fully saturated rings. The minimum absolute atomic E-state index is 0.575. The van der Waals surface area contributed by atoms with Gasteiger partial charge in [-0.2, -0.15) is 0 Å². The molecule has 0 amide bonds. The first-order chi connectivity index (χ1) is 14.8. The fourth-order valence-electron chi connectivity index (χ4n) is 6.22. The highest BCUT2D eigenvalue weighted by molar-refractivity contribution is 5.77. The number of fused-ring (bicyclic) bond motifs is 1. The molecule has 1 aliphatic carbocycles. The molecule has 4 nitrogen and oxygen atoms in total. The zero-order valence-electron chi connectivity index (χ0n) is 18.9. The van der Waals surface area contributed by atoms with E-state index in [2.05, 4.69) is 39.9 Å². The van der Waals surface area contributed by atoms with Gasteiger partial charge in [-0.25, -0.2) is 4.98 Å². The van der Waals surface area contributed by atoms with E-state index >= 15 is 0 Å². The summed E-state index contributed by atoms with van der Waals surface area (Å²) in [7, 11) is 0. The number of likely N-dealkylation sites (tertiary alicyclic amines) is 1. The standard InChI is InChI=1S/C26H40N4/c1-20-9-10-25-24(17-20)28-26(22-11-14-27-18-22)30(25)23-12-15-29(16-13-23)19-21-7-5-3-2-4-6-8-21/h9-10,17,21-23,27H,2-8,11-16,18-19H2,1H3. The van der Waals surface area contributed by atoms with Crippen LogP contribution in [0, 0.1) is 12.8 Å². The van der Waals surface area contributed by atoms with E-state index in [4.69, 9.17) is 4.98 Å². The van der Waals surface area contributed by atoms with Crippen molar-refractivity contribution in [1.29, 1.82) is 0 Å². The molecule has 2 aromatic rings. The summed E-state index contributed by atoms with van der Waals surface area (Å²) in [5.41, 5.74) is 3.88. The van der Waals surface area contributed by atoms with Crippen molar-refractivity contribution in [2.24, 2.45) is 5.92 Å². The number of aromatic nitrogens is 2. The number of imidazole rings is 1. The van der Waals surface area contributed by atoms with Gasteiger partial charge in [-0.1, -0.05) is 38.2 Å². The Morgan fingerprint density at radius 1 is 0.967 bits per heavy atom. The molecule has 1 aromatic carbocycles. The first-order valence-corrected chi connectivity index (χ1v) is 12.7. The molecule has 0 bridgehead atoms. The van der Waals surface area contributed by atoms with E-state index in [0.717, 1.165) is 19.0 Å². The third kappa shape index (κ3) is 4.45. The van der Waals surface area contributed by atoms with E-state index in [9.17, 15) is 0 Å². The normalized spacial score (nSPS) is 25.6. The van der Waals surface area contributed by atoms with Gasteiger partial charge in [0.2, 0.25) is 0 Å². The van der Waals surface area contributed by atoms with E-state index in [-0.39, 0.29) is 0 Å². The van der Waals surface area contributed by atoms with Gasteiger partial charge in [-0.15, -0.1) is 0 Å². The fraction of sp³-hybridized carbons (Fsp3) is 0.731. The van der Waals surface area contributed by atoms with Crippen LogP contribution in [0.1, 0.15) is 87.6 Å². The Morgan fingerprint density at radius 3 is 2.47 bits per heavy atom. The number of benzene rings is 1. The van der Waals surface area contributed by atoms with Crippen LogP contribution in [0.15, 0.2) is 18.2 Å². The lowest BCUT2D eigenvalue weighted by molar-refractivity contribution is 0.151. The highest BCUT2D eigenvalue weighted by Gasteiger charge is 2.29. The molecule has 0 spiro atoms. The first kappa shape index (κ1) is 20.5. The maximum absolute atomic E-state index is 5.17. The smallest absolute Gasteiger partial charge is 0.114 e. The average Bonchev–Trinajstić information content (AvgIpc) is 3.38. The molecule has 2 saturated heterocycles. The Hall–Kier alpha value is -1.39. The molecule has 2 aliphatic heterocycles. The molecule has 1 atom stereocenters. The van der Waals surface area contributed by atoms with Crippen LogP contribution in [0.5, 0.6) is 0 Å². The zero-order valence-corrected chi connectivity index (χ0v) is 18.9. The third-order valence-corrected chi connectivity index (χ3v) is 7.96. The highest BCUT2D eigenvalue weighted by Crippen LogP contribution is 2.34. The summed E-state index contributed by atoms with van der Waals surface area (Å²) in [5.74, 6) is 2.86. The SMILES string of the molecule is Cc1ccc2c(c1)nc(C1CCNC1)n2C1CCN(CC2CCCCCCC2)CC1. The van der Waals surface area contributed by atoms with E-state index < -0.39 is 0 Å². The maximum Gasteiger partial charge on any atom is 0.114 e. The van der Waals surface area contributed by atoms with E-state index in [1.54, 1.807) is 0 Å². The molecule has 0 radical (unpaired) electrons. The number of nitrogens with zero attached hydrogens (tertiary/aromatic N) is 3. The average molecular weight is 409 g/mol. The summed E-state index contributed by atoms with van der Waals surface area (Å²) in [6, 6.07) is 7.48. The largest absolute Gasteiger partial charge is 0.324 e. The van der Waals surface area contributed by atoms with Crippen LogP contribution in [-0.4, -0.2) is 47.2 Å². The molecule has 164 valence electrons. The molecule has 5 rings (SSSR count). The van der Waals surface area contributed by atoms with Crippen molar-refractivity contribution in [3.63, 3.8) is 0 Å². The van der Waals surface area contributed by atoms with Crippen molar-refractivity contribution in [3.05, 3.63) is 29.6 Å². The minimum Gasteiger partial charge on any atom is -0.324 e. The number of rotatable bonds is 4. The number of piperidine rings is 1. The number of nitrogens with one attached hydrogen (secondary N) is 1. The maximum atomic E-state index is 5.17. The summed E-state index contributed by atoms with van der Waals surface area (Å²) in [4.78, 5) is 7.95. The Kier molecular flexibility index (Phi) is 6.42. The lowest BCUT2D eigenvalue weighted by Crippen LogP contribution is -2.38. The van der Waals surface area contributed by atoms with Crippen molar-refractivity contribution in [2.75, 3.05) is 32.7 Å². The minimum atomic E-state index is 0.575. The van der Waals surface area contributed by atoms with Gasteiger partial charge in [0.25, 0.3) is 0 Å². The second kappa shape index (κ2) is 9.40. The van der Waals surface area contributed by atoms with Crippen LogP contribution >= 0.6 is 0 Å². The molecular weight excluding hydrogens is 368 g/mol. The van der Waals surface area contributed by atoms with Crippen LogP contribution in [0.4, 0.5) is 0 Å². The van der Waals surface area contributed by atoms with Crippen LogP contribution < -0.4 is 5.32 Å². The molecule has 1 N–H and O–H groups in total. The van der Waals surface area contributed by atoms with Crippen LogP contribution in [0.2, 0.25) is 0 Å².